The van der Waals surface area contributed by atoms with Gasteiger partial charge in [-0.1, -0.05) is 55.0 Å². The first kappa shape index (κ1) is 20.4. The van der Waals surface area contributed by atoms with Crippen molar-refractivity contribution in [3.63, 3.8) is 0 Å². The van der Waals surface area contributed by atoms with Gasteiger partial charge in [-0.2, -0.15) is 4.31 Å². The molecule has 1 aromatic carbocycles. The molecule has 1 amide bonds. The van der Waals surface area contributed by atoms with Crippen molar-refractivity contribution < 1.29 is 13.2 Å². The third-order valence-electron chi connectivity index (χ3n) is 4.59. The molecule has 0 radical (unpaired) electrons. The molecule has 0 atom stereocenters. The number of halogens is 1. The Kier molecular flexibility index (Phi) is 7.90. The number of nitrogens with one attached hydrogen (secondary N) is 1. The number of hydrogen-bond donors (Lipinski definition) is 1. The van der Waals surface area contributed by atoms with Crippen molar-refractivity contribution >= 4 is 31.9 Å². The van der Waals surface area contributed by atoms with Gasteiger partial charge < -0.3 is 5.32 Å². The molecule has 1 saturated carbocycles. The number of amides is 1. The van der Waals surface area contributed by atoms with E-state index in [1.54, 1.807) is 31.2 Å². The summed E-state index contributed by atoms with van der Waals surface area (Å²) in [7, 11) is -3.67. The van der Waals surface area contributed by atoms with Crippen LogP contribution in [0.15, 0.2) is 33.6 Å². The van der Waals surface area contributed by atoms with Crippen molar-refractivity contribution in [2.24, 2.45) is 0 Å². The van der Waals surface area contributed by atoms with Crippen LogP contribution < -0.4 is 5.32 Å². The lowest BCUT2D eigenvalue weighted by molar-refractivity contribution is -0.122. The molecule has 0 spiro atoms. The number of benzene rings is 1. The molecular formula is C18H27BrN2O3S. The molecule has 0 aliphatic heterocycles. The van der Waals surface area contributed by atoms with E-state index in [0.717, 1.165) is 30.2 Å². The Bertz CT molecular complexity index is 653. The number of likely N-dealkylation sites (N-methyl/N-ethyl adjacent to an activating group) is 1. The first-order chi connectivity index (χ1) is 11.9. The summed E-state index contributed by atoms with van der Waals surface area (Å²) in [5.74, 6) is -0.215. The van der Waals surface area contributed by atoms with E-state index in [1.165, 1.54) is 23.6 Å². The van der Waals surface area contributed by atoms with Gasteiger partial charge in [0.25, 0.3) is 0 Å². The molecular weight excluding hydrogens is 404 g/mol. The van der Waals surface area contributed by atoms with Crippen molar-refractivity contribution in [2.75, 3.05) is 13.1 Å². The molecule has 0 bridgehead atoms. The fraction of sp³-hybridized carbons (Fsp3) is 0.611. The summed E-state index contributed by atoms with van der Waals surface area (Å²) in [5, 5.41) is 3.03. The summed E-state index contributed by atoms with van der Waals surface area (Å²) in [6, 6.07) is 6.65. The van der Waals surface area contributed by atoms with Crippen molar-refractivity contribution in [3.8, 4) is 0 Å². The van der Waals surface area contributed by atoms with Gasteiger partial charge in [0.1, 0.15) is 0 Å². The standard InChI is InChI=1S/C18H27BrN2O3S/c1-2-21(25(23,24)17-12-10-15(19)11-13-17)14-18(22)20-16-8-6-4-3-5-7-9-16/h10-13,16H,2-9,14H2,1H3,(H,20,22). The van der Waals surface area contributed by atoms with Crippen LogP contribution >= 0.6 is 15.9 Å². The Morgan fingerprint density at radius 2 is 1.68 bits per heavy atom. The first-order valence-corrected chi connectivity index (χ1v) is 11.2. The number of carbonyl (C=O) groups excluding carboxylic acids is 1. The fourth-order valence-corrected chi connectivity index (χ4v) is 4.83. The molecule has 0 aromatic heterocycles. The maximum atomic E-state index is 12.7. The highest BCUT2D eigenvalue weighted by molar-refractivity contribution is 9.10. The minimum absolute atomic E-state index is 0.134. The zero-order chi connectivity index (χ0) is 18.3. The highest BCUT2D eigenvalue weighted by Crippen LogP contribution is 2.19. The predicted octanol–water partition coefficient (Wildman–Crippen LogP) is 3.69. The second-order valence-corrected chi connectivity index (χ2v) is 9.35. The topological polar surface area (TPSA) is 66.5 Å². The molecule has 5 nitrogen and oxygen atoms in total. The predicted molar refractivity (Wildman–Crippen MR) is 103 cm³/mol. The van der Waals surface area contributed by atoms with Crippen molar-refractivity contribution in [1.82, 2.24) is 9.62 Å². The van der Waals surface area contributed by atoms with Crippen molar-refractivity contribution in [2.45, 2.75) is 62.8 Å². The largest absolute Gasteiger partial charge is 0.352 e. The monoisotopic (exact) mass is 430 g/mol. The van der Waals surface area contributed by atoms with Crippen LogP contribution in [0.2, 0.25) is 0 Å². The van der Waals surface area contributed by atoms with Gasteiger partial charge in [-0.25, -0.2) is 8.42 Å². The molecule has 1 aliphatic rings. The molecule has 0 saturated heterocycles. The Balaban J connectivity index is 1.99. The molecule has 140 valence electrons. The highest BCUT2D eigenvalue weighted by atomic mass is 79.9. The van der Waals surface area contributed by atoms with E-state index in [9.17, 15) is 13.2 Å². The Morgan fingerprint density at radius 1 is 1.12 bits per heavy atom. The van der Waals surface area contributed by atoms with E-state index in [4.69, 9.17) is 0 Å². The van der Waals surface area contributed by atoms with Gasteiger partial charge in [-0.15, -0.1) is 0 Å². The highest BCUT2D eigenvalue weighted by Gasteiger charge is 2.26. The van der Waals surface area contributed by atoms with Crippen molar-refractivity contribution in [3.05, 3.63) is 28.7 Å². The van der Waals surface area contributed by atoms with Crippen LogP contribution in [-0.4, -0.2) is 37.8 Å². The summed E-state index contributed by atoms with van der Waals surface area (Å²) >= 11 is 3.30. The normalized spacial score (nSPS) is 17.1. The molecule has 1 N–H and O–H groups in total. The molecule has 25 heavy (non-hydrogen) atoms. The third kappa shape index (κ3) is 6.08. The third-order valence-corrected chi connectivity index (χ3v) is 7.06. The maximum absolute atomic E-state index is 12.7. The summed E-state index contributed by atoms with van der Waals surface area (Å²) in [6.45, 7) is 1.88. The van der Waals surface area contributed by atoms with Crippen LogP contribution in [0.1, 0.15) is 51.9 Å². The zero-order valence-electron chi connectivity index (χ0n) is 14.7. The lowest BCUT2D eigenvalue weighted by Gasteiger charge is -2.24. The SMILES string of the molecule is CCN(CC(=O)NC1CCCCCCC1)S(=O)(=O)c1ccc(Br)cc1. The average Bonchev–Trinajstić information content (AvgIpc) is 2.55. The number of nitrogens with zero attached hydrogens (tertiary/aromatic N) is 1. The Morgan fingerprint density at radius 3 is 2.24 bits per heavy atom. The second kappa shape index (κ2) is 9.69. The lowest BCUT2D eigenvalue weighted by atomic mass is 9.97. The van der Waals surface area contributed by atoms with E-state index >= 15 is 0 Å². The summed E-state index contributed by atoms with van der Waals surface area (Å²) in [4.78, 5) is 12.6. The zero-order valence-corrected chi connectivity index (χ0v) is 17.1. The average molecular weight is 431 g/mol. The van der Waals surface area contributed by atoms with Crippen LogP contribution in [0.3, 0.4) is 0 Å². The number of hydrogen-bond acceptors (Lipinski definition) is 3. The second-order valence-electron chi connectivity index (χ2n) is 6.49. The van der Waals surface area contributed by atoms with Crippen LogP contribution in [0.5, 0.6) is 0 Å². The molecule has 2 rings (SSSR count). The molecule has 1 aromatic rings. The van der Waals surface area contributed by atoms with Gasteiger partial charge in [0.15, 0.2) is 0 Å². The van der Waals surface area contributed by atoms with Crippen LogP contribution in [0.4, 0.5) is 0 Å². The van der Waals surface area contributed by atoms with E-state index in [-0.39, 0.29) is 29.9 Å². The van der Waals surface area contributed by atoms with E-state index in [1.807, 2.05) is 0 Å². The summed E-state index contributed by atoms with van der Waals surface area (Å²) in [5.41, 5.74) is 0. The minimum atomic E-state index is -3.67. The quantitative estimate of drug-likeness (QED) is 0.747. The van der Waals surface area contributed by atoms with Crippen molar-refractivity contribution in [1.29, 1.82) is 0 Å². The van der Waals surface area contributed by atoms with E-state index in [2.05, 4.69) is 21.2 Å². The number of sulfonamides is 1. The van der Waals surface area contributed by atoms with Crippen LogP contribution in [-0.2, 0) is 14.8 Å². The minimum Gasteiger partial charge on any atom is -0.352 e. The lowest BCUT2D eigenvalue weighted by Crippen LogP contribution is -2.44. The molecule has 7 heteroatoms. The van der Waals surface area contributed by atoms with Gasteiger partial charge in [-0.3, -0.25) is 4.79 Å². The van der Waals surface area contributed by atoms with Gasteiger partial charge in [0.05, 0.1) is 11.4 Å². The summed E-state index contributed by atoms with van der Waals surface area (Å²) < 4.78 is 27.5. The first-order valence-electron chi connectivity index (χ1n) is 8.98. The Labute approximate surface area is 159 Å². The molecule has 1 aliphatic carbocycles. The molecule has 0 heterocycles. The molecule has 0 unspecified atom stereocenters. The smallest absolute Gasteiger partial charge is 0.243 e. The van der Waals surface area contributed by atoms with Gasteiger partial charge in [0, 0.05) is 17.1 Å². The number of rotatable bonds is 6. The van der Waals surface area contributed by atoms with Crippen LogP contribution in [0, 0.1) is 0 Å². The number of carbonyl (C=O) groups is 1. The van der Waals surface area contributed by atoms with Gasteiger partial charge >= 0.3 is 0 Å². The Hall–Kier alpha value is -0.920. The van der Waals surface area contributed by atoms with Crippen LogP contribution in [0.25, 0.3) is 0 Å². The summed E-state index contributed by atoms with van der Waals surface area (Å²) in [6.07, 6.45) is 7.92. The molecule has 1 fully saturated rings. The van der Waals surface area contributed by atoms with E-state index < -0.39 is 10.0 Å². The van der Waals surface area contributed by atoms with Gasteiger partial charge in [0.2, 0.25) is 15.9 Å². The van der Waals surface area contributed by atoms with E-state index in [0.29, 0.717) is 0 Å². The van der Waals surface area contributed by atoms with Gasteiger partial charge in [-0.05, 0) is 37.1 Å². The maximum Gasteiger partial charge on any atom is 0.243 e. The fourth-order valence-electron chi connectivity index (χ4n) is 3.16.